The molecule has 0 radical (unpaired) electrons. The number of hydrogen-bond donors (Lipinski definition) is 5. The van der Waals surface area contributed by atoms with Gasteiger partial charge in [-0.25, -0.2) is 9.97 Å². The van der Waals surface area contributed by atoms with Crippen molar-refractivity contribution in [1.29, 1.82) is 0 Å². The maximum absolute atomic E-state index is 8.82. The third-order valence-corrected chi connectivity index (χ3v) is 4.48. The summed E-state index contributed by atoms with van der Waals surface area (Å²) in [6.45, 7) is 3.42. The zero-order valence-corrected chi connectivity index (χ0v) is 15.9. The molecule has 0 bridgehead atoms. The Kier molecular flexibility index (Phi) is 7.71. The molecule has 0 saturated heterocycles. The molecule has 2 heterocycles. The number of nitrogens with one attached hydrogen (secondary N) is 1. The van der Waals surface area contributed by atoms with Crippen molar-refractivity contribution < 1.29 is 5.11 Å². The van der Waals surface area contributed by atoms with Crippen LogP contribution in [0.1, 0.15) is 22.4 Å². The summed E-state index contributed by atoms with van der Waals surface area (Å²) >= 11 is 1.55. The highest BCUT2D eigenvalue weighted by molar-refractivity contribution is 7.14. The Morgan fingerprint density at radius 3 is 2.89 bits per heavy atom. The molecule has 2 rings (SSSR count). The summed E-state index contributed by atoms with van der Waals surface area (Å²) in [4.78, 5) is 18.8. The van der Waals surface area contributed by atoms with Gasteiger partial charge in [0.15, 0.2) is 11.6 Å². The van der Waals surface area contributed by atoms with Gasteiger partial charge in [-0.05, 0) is 13.0 Å². The standard InChI is InChI=1S/C17H24N8OS/c1-2-21-10-15-13(19)5-12(27-15)8-24-17-16(20)23-9-14(25-17)11(6-18)7-22-3-4-26/h5-7,9-10,26H,2-4,8,18-19H2,1H3,(H2,20,23)(H,24,25). The molecule has 8 N–H and O–H groups in total. The second-order valence-electron chi connectivity index (χ2n) is 5.38. The minimum Gasteiger partial charge on any atom is -0.404 e. The topological polar surface area (TPSA) is 161 Å². The van der Waals surface area contributed by atoms with Crippen LogP contribution < -0.4 is 22.5 Å². The molecule has 0 fully saturated rings. The predicted molar refractivity (Wildman–Crippen MR) is 113 cm³/mol. The normalized spacial score (nSPS) is 12.3. The number of nitrogens with zero attached hydrogens (tertiary/aromatic N) is 4. The predicted octanol–water partition coefficient (Wildman–Crippen LogP) is 1.12. The van der Waals surface area contributed by atoms with Gasteiger partial charge in [0.05, 0.1) is 42.2 Å². The molecule has 2 aromatic heterocycles. The van der Waals surface area contributed by atoms with E-state index in [4.69, 9.17) is 22.3 Å². The summed E-state index contributed by atoms with van der Waals surface area (Å²) in [5.74, 6) is 0.720. The molecule has 9 nitrogen and oxygen atoms in total. The molecule has 144 valence electrons. The van der Waals surface area contributed by atoms with Crippen molar-refractivity contribution in [2.75, 3.05) is 36.5 Å². The second-order valence-corrected chi connectivity index (χ2v) is 6.55. The van der Waals surface area contributed by atoms with Crippen LogP contribution in [0.3, 0.4) is 0 Å². The molecule has 0 aliphatic carbocycles. The molecule has 0 aliphatic rings. The molecule has 0 unspecified atom stereocenters. The fourth-order valence-electron chi connectivity index (χ4n) is 2.09. The fraction of sp³-hybridized carbons (Fsp3) is 0.294. The van der Waals surface area contributed by atoms with Gasteiger partial charge < -0.3 is 27.6 Å². The van der Waals surface area contributed by atoms with Crippen molar-refractivity contribution in [3.05, 3.63) is 33.9 Å². The Bertz CT molecular complexity index is 843. The summed E-state index contributed by atoms with van der Waals surface area (Å²) in [6, 6.07) is 1.90. The number of aliphatic imine (C=N–C) groups is 2. The summed E-state index contributed by atoms with van der Waals surface area (Å²) in [6.07, 6.45) is 6.22. The monoisotopic (exact) mass is 388 g/mol. The lowest BCUT2D eigenvalue weighted by molar-refractivity contribution is 0.307. The second kappa shape index (κ2) is 10.2. The molecule has 2 aromatic rings. The van der Waals surface area contributed by atoms with Crippen molar-refractivity contribution >= 4 is 46.7 Å². The molecule has 27 heavy (non-hydrogen) atoms. The van der Waals surface area contributed by atoms with E-state index < -0.39 is 0 Å². The first-order valence-electron chi connectivity index (χ1n) is 8.36. The third-order valence-electron chi connectivity index (χ3n) is 3.40. The first-order chi connectivity index (χ1) is 13.1. The SMILES string of the molecule is CCN=Cc1sc(CNc2nc(C(C=NCCO)=CN)cnc2N)cc1N. The van der Waals surface area contributed by atoms with Gasteiger partial charge in [0.1, 0.15) is 0 Å². The van der Waals surface area contributed by atoms with Crippen molar-refractivity contribution in [3.63, 3.8) is 0 Å². The Morgan fingerprint density at radius 1 is 1.37 bits per heavy atom. The average molecular weight is 389 g/mol. The summed E-state index contributed by atoms with van der Waals surface area (Å²) in [7, 11) is 0. The molecule has 0 amide bonds. The number of nitrogens with two attached hydrogens (primary N) is 3. The van der Waals surface area contributed by atoms with Crippen LogP contribution in [0.2, 0.25) is 0 Å². The Morgan fingerprint density at radius 2 is 2.19 bits per heavy atom. The first-order valence-corrected chi connectivity index (χ1v) is 9.18. The van der Waals surface area contributed by atoms with Gasteiger partial charge >= 0.3 is 0 Å². The Balaban J connectivity index is 2.14. The van der Waals surface area contributed by atoms with E-state index in [1.165, 1.54) is 12.4 Å². The zero-order valence-electron chi connectivity index (χ0n) is 15.1. The van der Waals surface area contributed by atoms with E-state index >= 15 is 0 Å². The summed E-state index contributed by atoms with van der Waals surface area (Å²) < 4.78 is 0. The number of aliphatic hydroxyl groups is 1. The molecule has 0 spiro atoms. The van der Waals surface area contributed by atoms with E-state index in [0.717, 1.165) is 9.75 Å². The lowest BCUT2D eigenvalue weighted by Gasteiger charge is -2.09. The lowest BCUT2D eigenvalue weighted by atomic mass is 10.2. The number of aliphatic hydroxyl groups excluding tert-OH is 1. The lowest BCUT2D eigenvalue weighted by Crippen LogP contribution is -2.08. The quantitative estimate of drug-likeness (QED) is 0.402. The Hall–Kier alpha value is -2.98. The Labute approximate surface area is 161 Å². The van der Waals surface area contributed by atoms with Gasteiger partial charge in [0.2, 0.25) is 0 Å². The minimum absolute atomic E-state index is 0.0382. The number of nitrogen functional groups attached to an aromatic ring is 2. The third kappa shape index (κ3) is 5.76. The number of rotatable bonds is 9. The summed E-state index contributed by atoms with van der Waals surface area (Å²) in [5.41, 5.74) is 19.4. The van der Waals surface area contributed by atoms with Crippen LogP contribution in [-0.2, 0) is 6.54 Å². The van der Waals surface area contributed by atoms with Crippen LogP contribution in [-0.4, -0.2) is 47.2 Å². The molecule has 0 aromatic carbocycles. The van der Waals surface area contributed by atoms with Gasteiger partial charge in [-0.3, -0.25) is 9.98 Å². The van der Waals surface area contributed by atoms with Crippen molar-refractivity contribution in [1.82, 2.24) is 9.97 Å². The van der Waals surface area contributed by atoms with E-state index in [2.05, 4.69) is 25.3 Å². The summed E-state index contributed by atoms with van der Waals surface area (Å²) in [5, 5.41) is 12.0. The molecular weight excluding hydrogens is 364 g/mol. The maximum Gasteiger partial charge on any atom is 0.169 e. The average Bonchev–Trinajstić information content (AvgIpc) is 3.03. The van der Waals surface area contributed by atoms with E-state index in [1.54, 1.807) is 23.8 Å². The zero-order chi connectivity index (χ0) is 19.6. The highest BCUT2D eigenvalue weighted by Crippen LogP contribution is 2.25. The van der Waals surface area contributed by atoms with Crippen molar-refractivity contribution in [3.8, 4) is 0 Å². The van der Waals surface area contributed by atoms with Gasteiger partial charge in [0.25, 0.3) is 0 Å². The number of hydrogen-bond acceptors (Lipinski definition) is 10. The van der Waals surface area contributed by atoms with Crippen molar-refractivity contribution in [2.24, 2.45) is 15.7 Å². The smallest absolute Gasteiger partial charge is 0.169 e. The van der Waals surface area contributed by atoms with E-state index in [9.17, 15) is 0 Å². The number of allylic oxidation sites excluding steroid dienone is 1. The number of aromatic nitrogens is 2. The fourth-order valence-corrected chi connectivity index (χ4v) is 3.01. The molecule has 0 aliphatic heterocycles. The molecular formula is C17H24N8OS. The minimum atomic E-state index is -0.0382. The van der Waals surface area contributed by atoms with Crippen LogP contribution in [0.25, 0.3) is 5.57 Å². The maximum atomic E-state index is 8.82. The largest absolute Gasteiger partial charge is 0.404 e. The first kappa shape index (κ1) is 20.3. The van der Waals surface area contributed by atoms with Gasteiger partial charge in [-0.2, -0.15) is 0 Å². The van der Waals surface area contributed by atoms with E-state index in [-0.39, 0.29) is 19.0 Å². The van der Waals surface area contributed by atoms with Gasteiger partial charge in [-0.1, -0.05) is 0 Å². The van der Waals surface area contributed by atoms with Crippen LogP contribution in [0, 0.1) is 0 Å². The van der Waals surface area contributed by atoms with Crippen LogP contribution >= 0.6 is 11.3 Å². The molecule has 10 heteroatoms. The highest BCUT2D eigenvalue weighted by atomic mass is 32.1. The van der Waals surface area contributed by atoms with Gasteiger partial charge in [-0.15, -0.1) is 11.3 Å². The number of anilines is 3. The number of thiophene rings is 1. The molecule has 0 atom stereocenters. The van der Waals surface area contributed by atoms with E-state index in [1.807, 2.05) is 13.0 Å². The van der Waals surface area contributed by atoms with Crippen LogP contribution in [0.15, 0.2) is 28.4 Å². The van der Waals surface area contributed by atoms with Crippen LogP contribution in [0.5, 0.6) is 0 Å². The molecule has 0 saturated carbocycles. The van der Waals surface area contributed by atoms with Crippen molar-refractivity contribution in [2.45, 2.75) is 13.5 Å². The van der Waals surface area contributed by atoms with E-state index in [0.29, 0.717) is 35.9 Å². The van der Waals surface area contributed by atoms with Crippen LogP contribution in [0.4, 0.5) is 17.3 Å². The highest BCUT2D eigenvalue weighted by Gasteiger charge is 2.09. The van der Waals surface area contributed by atoms with Gasteiger partial charge in [0, 0.05) is 35.6 Å².